The lowest BCUT2D eigenvalue weighted by Gasteiger charge is -2.25. The zero-order valence-electron chi connectivity index (χ0n) is 11.0. The fraction of sp³-hybridized carbons (Fsp3) is 0.462. The van der Waals surface area contributed by atoms with E-state index >= 15 is 0 Å². The van der Waals surface area contributed by atoms with Gasteiger partial charge in [-0.3, -0.25) is 9.89 Å². The lowest BCUT2D eigenvalue weighted by Crippen LogP contribution is -2.30. The van der Waals surface area contributed by atoms with E-state index in [4.69, 9.17) is 11.6 Å². The van der Waals surface area contributed by atoms with Gasteiger partial charge in [0.25, 0.3) is 5.56 Å². The molecule has 7 heteroatoms. The molecule has 106 valence electrons. The first-order chi connectivity index (χ1) is 9.74. The minimum atomic E-state index is -0.159. The molecule has 0 spiro atoms. The summed E-state index contributed by atoms with van der Waals surface area (Å²) >= 11 is 6.06. The van der Waals surface area contributed by atoms with Gasteiger partial charge in [-0.2, -0.15) is 10.2 Å². The van der Waals surface area contributed by atoms with Crippen LogP contribution < -0.4 is 10.9 Å². The largest absolute Gasteiger partial charge is 0.375 e. The Labute approximate surface area is 121 Å². The van der Waals surface area contributed by atoms with Gasteiger partial charge < -0.3 is 5.32 Å². The number of H-pyrrole nitrogens is 1. The second-order valence-corrected chi connectivity index (χ2v) is 5.52. The first kappa shape index (κ1) is 13.2. The Balaban J connectivity index is 1.77. The molecular weight excluding hydrogens is 278 g/mol. The van der Waals surface area contributed by atoms with Crippen LogP contribution in [-0.2, 0) is 13.1 Å². The molecule has 2 N–H and O–H groups in total. The second-order valence-electron chi connectivity index (χ2n) is 5.11. The van der Waals surface area contributed by atoms with E-state index in [9.17, 15) is 4.79 Å². The predicted molar refractivity (Wildman–Crippen MR) is 76.8 cm³/mol. The Bertz CT molecular complexity index is 633. The highest BCUT2D eigenvalue weighted by atomic mass is 35.5. The molecule has 0 amide bonds. The van der Waals surface area contributed by atoms with Crippen molar-refractivity contribution in [2.45, 2.75) is 32.4 Å². The topological polar surface area (TPSA) is 75.6 Å². The van der Waals surface area contributed by atoms with Crippen LogP contribution in [0, 0.1) is 5.92 Å². The smallest absolute Gasteiger partial charge is 0.291 e. The summed E-state index contributed by atoms with van der Waals surface area (Å²) in [6.07, 6.45) is 8.60. The molecule has 0 aliphatic heterocycles. The minimum Gasteiger partial charge on any atom is -0.375 e. The molecule has 0 bridgehead atoms. The Morgan fingerprint density at radius 2 is 2.30 bits per heavy atom. The van der Waals surface area contributed by atoms with E-state index in [1.807, 2.05) is 0 Å². The molecule has 0 radical (unpaired) electrons. The number of aromatic nitrogens is 4. The first-order valence-electron chi connectivity index (χ1n) is 6.71. The number of aromatic amines is 1. The third-order valence-electron chi connectivity index (χ3n) is 3.68. The van der Waals surface area contributed by atoms with Gasteiger partial charge in [0.05, 0.1) is 17.4 Å². The molecular formula is C13H16ClN5O. The highest BCUT2D eigenvalue weighted by Crippen LogP contribution is 2.27. The fourth-order valence-electron chi connectivity index (χ4n) is 2.24. The zero-order chi connectivity index (χ0) is 13.9. The highest BCUT2D eigenvalue weighted by molar-refractivity contribution is 6.32. The van der Waals surface area contributed by atoms with Gasteiger partial charge in [-0.1, -0.05) is 18.0 Å². The molecule has 1 saturated carbocycles. The van der Waals surface area contributed by atoms with Crippen molar-refractivity contribution in [3.63, 3.8) is 0 Å². The number of nitrogens with zero attached hydrogens (tertiary/aromatic N) is 3. The average Bonchev–Trinajstić information content (AvgIpc) is 2.89. The monoisotopic (exact) mass is 293 g/mol. The second kappa shape index (κ2) is 5.66. The molecule has 2 heterocycles. The Morgan fingerprint density at radius 1 is 1.45 bits per heavy atom. The summed E-state index contributed by atoms with van der Waals surface area (Å²) in [4.78, 5) is 12.4. The van der Waals surface area contributed by atoms with E-state index in [-0.39, 0.29) is 5.56 Å². The standard InChI is InChI=1S/C13H16ClN5O/c14-11-7-18-19(8-9-2-1-3-9)13(20)12(11)15-4-10-5-16-17-6-10/h5-7,9,15H,1-4,8H2,(H,16,17). The third-order valence-corrected chi connectivity index (χ3v) is 3.96. The lowest BCUT2D eigenvalue weighted by atomic mass is 9.85. The van der Waals surface area contributed by atoms with Gasteiger partial charge in [0.1, 0.15) is 5.69 Å². The molecule has 0 atom stereocenters. The van der Waals surface area contributed by atoms with E-state index in [1.165, 1.54) is 30.1 Å². The maximum atomic E-state index is 12.4. The van der Waals surface area contributed by atoms with E-state index in [1.54, 1.807) is 12.4 Å². The van der Waals surface area contributed by atoms with Crippen molar-refractivity contribution in [2.75, 3.05) is 5.32 Å². The van der Waals surface area contributed by atoms with Gasteiger partial charge >= 0.3 is 0 Å². The van der Waals surface area contributed by atoms with E-state index in [0.717, 1.165) is 5.56 Å². The summed E-state index contributed by atoms with van der Waals surface area (Å²) < 4.78 is 1.51. The molecule has 20 heavy (non-hydrogen) atoms. The van der Waals surface area contributed by atoms with E-state index in [2.05, 4.69) is 20.6 Å². The van der Waals surface area contributed by atoms with Crippen LogP contribution in [0.25, 0.3) is 0 Å². The van der Waals surface area contributed by atoms with Gasteiger partial charge in [-0.25, -0.2) is 4.68 Å². The summed E-state index contributed by atoms with van der Waals surface area (Å²) in [5, 5.41) is 14.1. The number of hydrogen-bond acceptors (Lipinski definition) is 4. The van der Waals surface area contributed by atoms with Crippen molar-refractivity contribution in [1.82, 2.24) is 20.0 Å². The van der Waals surface area contributed by atoms with E-state index in [0.29, 0.717) is 29.7 Å². The van der Waals surface area contributed by atoms with Crippen molar-refractivity contribution in [3.05, 3.63) is 39.5 Å². The predicted octanol–water partition coefficient (Wildman–Crippen LogP) is 2.03. The van der Waals surface area contributed by atoms with Crippen LogP contribution >= 0.6 is 11.6 Å². The maximum Gasteiger partial charge on any atom is 0.291 e. The Morgan fingerprint density at radius 3 is 2.95 bits per heavy atom. The van der Waals surface area contributed by atoms with Crippen LogP contribution in [0.4, 0.5) is 5.69 Å². The third kappa shape index (κ3) is 2.70. The normalized spacial score (nSPS) is 15.1. The van der Waals surface area contributed by atoms with Gasteiger partial charge in [0.2, 0.25) is 0 Å². The van der Waals surface area contributed by atoms with Crippen molar-refractivity contribution < 1.29 is 0 Å². The molecule has 2 aromatic rings. The summed E-state index contributed by atoms with van der Waals surface area (Å²) in [5.41, 5.74) is 1.21. The molecule has 0 saturated heterocycles. The minimum absolute atomic E-state index is 0.159. The average molecular weight is 294 g/mol. The molecule has 1 aliphatic rings. The van der Waals surface area contributed by atoms with Crippen LogP contribution in [-0.4, -0.2) is 20.0 Å². The maximum absolute atomic E-state index is 12.4. The molecule has 1 fully saturated rings. The Kier molecular flexibility index (Phi) is 3.73. The summed E-state index contributed by atoms with van der Waals surface area (Å²) in [7, 11) is 0. The van der Waals surface area contributed by atoms with Gasteiger partial charge in [0, 0.05) is 24.8 Å². The van der Waals surface area contributed by atoms with Crippen LogP contribution in [0.2, 0.25) is 5.02 Å². The lowest BCUT2D eigenvalue weighted by molar-refractivity contribution is 0.262. The summed E-state index contributed by atoms with van der Waals surface area (Å²) in [5.74, 6) is 0.572. The number of anilines is 1. The number of rotatable bonds is 5. The fourth-order valence-corrected chi connectivity index (χ4v) is 2.43. The van der Waals surface area contributed by atoms with Crippen molar-refractivity contribution in [3.8, 4) is 0 Å². The molecule has 6 nitrogen and oxygen atoms in total. The zero-order valence-corrected chi connectivity index (χ0v) is 11.7. The molecule has 3 rings (SSSR count). The summed E-state index contributed by atoms with van der Waals surface area (Å²) in [6.45, 7) is 1.18. The molecule has 0 unspecified atom stereocenters. The van der Waals surface area contributed by atoms with Crippen molar-refractivity contribution >= 4 is 17.3 Å². The van der Waals surface area contributed by atoms with Crippen LogP contribution in [0.1, 0.15) is 24.8 Å². The quantitative estimate of drug-likeness (QED) is 0.884. The number of nitrogens with one attached hydrogen (secondary N) is 2. The Hall–Kier alpha value is -1.82. The number of halogens is 1. The molecule has 1 aliphatic carbocycles. The van der Waals surface area contributed by atoms with Crippen LogP contribution in [0.5, 0.6) is 0 Å². The van der Waals surface area contributed by atoms with Crippen molar-refractivity contribution in [1.29, 1.82) is 0 Å². The summed E-state index contributed by atoms with van der Waals surface area (Å²) in [6, 6.07) is 0. The SMILES string of the molecule is O=c1c(NCc2cn[nH]c2)c(Cl)cnn1CC1CCC1. The van der Waals surface area contributed by atoms with Crippen LogP contribution in [0.15, 0.2) is 23.4 Å². The molecule has 0 aromatic carbocycles. The van der Waals surface area contributed by atoms with Crippen LogP contribution in [0.3, 0.4) is 0 Å². The van der Waals surface area contributed by atoms with Gasteiger partial charge in [-0.05, 0) is 18.8 Å². The van der Waals surface area contributed by atoms with Crippen molar-refractivity contribution in [2.24, 2.45) is 5.92 Å². The molecule has 2 aromatic heterocycles. The van der Waals surface area contributed by atoms with E-state index < -0.39 is 0 Å². The van der Waals surface area contributed by atoms with Gasteiger partial charge in [-0.15, -0.1) is 0 Å². The highest BCUT2D eigenvalue weighted by Gasteiger charge is 2.20. The first-order valence-corrected chi connectivity index (χ1v) is 7.09. The van der Waals surface area contributed by atoms with Gasteiger partial charge in [0.15, 0.2) is 0 Å². The number of hydrogen-bond donors (Lipinski definition) is 2.